The maximum atomic E-state index is 8.90. The number of aryl methyl sites for hydroxylation is 2. The number of nitrogens with zero attached hydrogens (tertiary/aromatic N) is 2. The molecule has 1 aromatic carbocycles. The summed E-state index contributed by atoms with van der Waals surface area (Å²) in [7, 11) is 1.81. The van der Waals surface area contributed by atoms with Gasteiger partial charge in [-0.25, -0.2) is 0 Å². The Balaban J connectivity index is 3.27. The summed E-state index contributed by atoms with van der Waals surface area (Å²) >= 11 is 0. The van der Waals surface area contributed by atoms with Gasteiger partial charge in [-0.3, -0.25) is 4.90 Å². The number of hydrogen-bond donors (Lipinski definition) is 0. The highest BCUT2D eigenvalue weighted by atomic mass is 15.1. The summed E-state index contributed by atoms with van der Waals surface area (Å²) in [5.74, 6) is 0. The van der Waals surface area contributed by atoms with E-state index in [1.807, 2.05) is 7.05 Å². The average molecular weight is 188 g/mol. The molecule has 0 amide bonds. The van der Waals surface area contributed by atoms with Crippen LogP contribution in [0.1, 0.15) is 25.0 Å². The van der Waals surface area contributed by atoms with Gasteiger partial charge in [0.05, 0.1) is 5.69 Å². The molecule has 0 unspecified atom stereocenters. The molecule has 0 fully saturated rings. The van der Waals surface area contributed by atoms with Crippen LogP contribution in [0.4, 0.5) is 5.69 Å². The largest absolute Gasteiger partial charge is 0.282 e. The summed E-state index contributed by atoms with van der Waals surface area (Å²) in [6.07, 6.45) is 4.10. The van der Waals surface area contributed by atoms with E-state index in [0.29, 0.717) is 0 Å². The monoisotopic (exact) mass is 188 g/mol. The lowest BCUT2D eigenvalue weighted by Crippen LogP contribution is -2.13. The number of rotatable bonds is 3. The second kappa shape index (κ2) is 4.66. The predicted octanol–water partition coefficient (Wildman–Crippen LogP) is 2.73. The molecular formula is C12H16N2. The quantitative estimate of drug-likeness (QED) is 0.538. The van der Waals surface area contributed by atoms with Crippen molar-refractivity contribution in [3.63, 3.8) is 0 Å². The number of anilines is 1. The van der Waals surface area contributed by atoms with E-state index >= 15 is 0 Å². The van der Waals surface area contributed by atoms with Crippen molar-refractivity contribution in [2.24, 2.45) is 0 Å². The molecule has 0 heterocycles. The fourth-order valence-electron chi connectivity index (χ4n) is 1.70. The Morgan fingerprint density at radius 3 is 2.07 bits per heavy atom. The molecule has 0 saturated carbocycles. The van der Waals surface area contributed by atoms with Crippen molar-refractivity contribution in [2.75, 3.05) is 11.9 Å². The zero-order valence-electron chi connectivity index (χ0n) is 9.04. The van der Waals surface area contributed by atoms with Crippen molar-refractivity contribution in [1.82, 2.24) is 0 Å². The van der Waals surface area contributed by atoms with E-state index in [0.717, 1.165) is 18.5 Å². The summed E-state index contributed by atoms with van der Waals surface area (Å²) in [6.45, 7) is 4.23. The average Bonchev–Trinajstić information content (AvgIpc) is 2.26. The Morgan fingerprint density at radius 2 is 1.71 bits per heavy atom. The molecule has 0 radical (unpaired) electrons. The van der Waals surface area contributed by atoms with Crippen LogP contribution in [0, 0.1) is 11.5 Å². The molecule has 2 heteroatoms. The van der Waals surface area contributed by atoms with Crippen LogP contribution in [-0.4, -0.2) is 7.05 Å². The molecule has 0 aliphatic rings. The lowest BCUT2D eigenvalue weighted by Gasteiger charge is -2.17. The number of nitriles is 1. The smallest absolute Gasteiger partial charge is 0.184 e. The van der Waals surface area contributed by atoms with E-state index in [1.165, 1.54) is 11.1 Å². The molecule has 74 valence electrons. The van der Waals surface area contributed by atoms with Gasteiger partial charge in [0.15, 0.2) is 6.19 Å². The van der Waals surface area contributed by atoms with Crippen LogP contribution >= 0.6 is 0 Å². The van der Waals surface area contributed by atoms with Crippen molar-refractivity contribution in [1.29, 1.82) is 5.26 Å². The Bertz CT molecular complexity index is 328. The summed E-state index contributed by atoms with van der Waals surface area (Å²) in [5.41, 5.74) is 3.57. The van der Waals surface area contributed by atoms with Gasteiger partial charge < -0.3 is 0 Å². The molecule has 2 nitrogen and oxygen atoms in total. The Kier molecular flexibility index (Phi) is 3.53. The summed E-state index contributed by atoms with van der Waals surface area (Å²) in [6, 6.07) is 6.23. The van der Waals surface area contributed by atoms with Crippen LogP contribution in [0.25, 0.3) is 0 Å². The first kappa shape index (κ1) is 10.6. The van der Waals surface area contributed by atoms with E-state index in [9.17, 15) is 0 Å². The third-order valence-electron chi connectivity index (χ3n) is 2.45. The number of benzene rings is 1. The highest BCUT2D eigenvalue weighted by molar-refractivity contribution is 5.61. The molecule has 0 aliphatic heterocycles. The number of para-hydroxylation sites is 1. The lowest BCUT2D eigenvalue weighted by molar-refractivity contribution is 1.04. The van der Waals surface area contributed by atoms with E-state index in [2.05, 4.69) is 38.2 Å². The molecular weight excluding hydrogens is 172 g/mol. The highest BCUT2D eigenvalue weighted by Gasteiger charge is 2.09. The first-order chi connectivity index (χ1) is 6.74. The molecule has 14 heavy (non-hydrogen) atoms. The van der Waals surface area contributed by atoms with Crippen molar-refractivity contribution in [2.45, 2.75) is 26.7 Å². The molecule has 0 saturated heterocycles. The zero-order valence-corrected chi connectivity index (χ0v) is 9.04. The first-order valence-corrected chi connectivity index (χ1v) is 4.98. The topological polar surface area (TPSA) is 27.0 Å². The predicted molar refractivity (Wildman–Crippen MR) is 59.2 cm³/mol. The maximum absolute atomic E-state index is 8.90. The summed E-state index contributed by atoms with van der Waals surface area (Å²) in [5, 5.41) is 8.90. The third kappa shape index (κ3) is 1.88. The fraction of sp³-hybridized carbons (Fsp3) is 0.417. The number of hydrogen-bond acceptors (Lipinski definition) is 2. The van der Waals surface area contributed by atoms with Crippen molar-refractivity contribution in [3.8, 4) is 6.19 Å². The molecule has 0 spiro atoms. The van der Waals surface area contributed by atoms with Gasteiger partial charge in [-0.05, 0) is 24.0 Å². The minimum atomic E-state index is 0.967. The van der Waals surface area contributed by atoms with Gasteiger partial charge in [-0.15, -0.1) is 0 Å². The van der Waals surface area contributed by atoms with Crippen molar-refractivity contribution >= 4 is 5.69 Å². The molecule has 0 bridgehead atoms. The van der Waals surface area contributed by atoms with Gasteiger partial charge in [-0.2, -0.15) is 5.26 Å². The standard InChI is InChI=1S/C12H16N2/c1-4-10-7-6-8-11(5-2)12(10)14(3)9-13/h6-8H,4-5H2,1-3H3. The van der Waals surface area contributed by atoms with Crippen LogP contribution in [-0.2, 0) is 12.8 Å². The van der Waals surface area contributed by atoms with E-state index in [4.69, 9.17) is 5.26 Å². The molecule has 0 atom stereocenters. The SMILES string of the molecule is CCc1cccc(CC)c1N(C)C#N. The third-order valence-corrected chi connectivity index (χ3v) is 2.45. The fourth-order valence-corrected chi connectivity index (χ4v) is 1.70. The van der Waals surface area contributed by atoms with Gasteiger partial charge in [-0.1, -0.05) is 32.0 Å². The normalized spacial score (nSPS) is 9.57. The Labute approximate surface area is 85.8 Å². The van der Waals surface area contributed by atoms with Gasteiger partial charge >= 0.3 is 0 Å². The lowest BCUT2D eigenvalue weighted by atomic mass is 10.0. The minimum Gasteiger partial charge on any atom is -0.282 e. The van der Waals surface area contributed by atoms with Gasteiger partial charge in [0.2, 0.25) is 0 Å². The minimum absolute atomic E-state index is 0.967. The van der Waals surface area contributed by atoms with E-state index < -0.39 is 0 Å². The van der Waals surface area contributed by atoms with Crippen LogP contribution < -0.4 is 4.90 Å². The van der Waals surface area contributed by atoms with Gasteiger partial charge in [0, 0.05) is 7.05 Å². The zero-order chi connectivity index (χ0) is 10.6. The molecule has 0 aliphatic carbocycles. The van der Waals surface area contributed by atoms with Crippen LogP contribution in [0.3, 0.4) is 0 Å². The molecule has 0 N–H and O–H groups in total. The van der Waals surface area contributed by atoms with Crippen LogP contribution in [0.15, 0.2) is 18.2 Å². The first-order valence-electron chi connectivity index (χ1n) is 4.98. The second-order valence-electron chi connectivity index (χ2n) is 3.29. The van der Waals surface area contributed by atoms with Crippen LogP contribution in [0.2, 0.25) is 0 Å². The molecule has 1 rings (SSSR count). The van der Waals surface area contributed by atoms with Crippen molar-refractivity contribution in [3.05, 3.63) is 29.3 Å². The summed E-state index contributed by atoms with van der Waals surface area (Å²) < 4.78 is 0. The Hall–Kier alpha value is -1.49. The maximum Gasteiger partial charge on any atom is 0.184 e. The molecule has 0 aromatic heterocycles. The second-order valence-corrected chi connectivity index (χ2v) is 3.29. The summed E-state index contributed by atoms with van der Waals surface area (Å²) in [4.78, 5) is 1.65. The molecule has 1 aromatic rings. The Morgan fingerprint density at radius 1 is 1.21 bits per heavy atom. The van der Waals surface area contributed by atoms with Gasteiger partial charge in [0.1, 0.15) is 0 Å². The van der Waals surface area contributed by atoms with E-state index in [1.54, 1.807) is 4.90 Å². The highest BCUT2D eigenvalue weighted by Crippen LogP contribution is 2.25. The van der Waals surface area contributed by atoms with Gasteiger partial charge in [0.25, 0.3) is 0 Å². The van der Waals surface area contributed by atoms with E-state index in [-0.39, 0.29) is 0 Å². The van der Waals surface area contributed by atoms with Crippen molar-refractivity contribution < 1.29 is 0 Å². The van der Waals surface area contributed by atoms with Crippen LogP contribution in [0.5, 0.6) is 0 Å².